The number of allylic oxidation sites excluding steroid dienone is 2. The minimum atomic E-state index is -0.764. The van der Waals surface area contributed by atoms with Crippen molar-refractivity contribution in [2.45, 2.75) is 297 Å². The first-order valence-corrected chi connectivity index (χ1v) is 26.2. The molecule has 0 spiro atoms. The highest BCUT2D eigenvalue weighted by Crippen LogP contribution is 2.16. The normalized spacial score (nSPS) is 12.0. The van der Waals surface area contributed by atoms with Gasteiger partial charge in [-0.3, -0.25) is 14.4 Å². The molecule has 0 aliphatic carbocycles. The van der Waals surface area contributed by atoms with Gasteiger partial charge in [0, 0.05) is 19.3 Å². The second kappa shape index (κ2) is 48.8. The van der Waals surface area contributed by atoms with Crippen LogP contribution in [0.15, 0.2) is 12.2 Å². The smallest absolute Gasteiger partial charge is 0.306 e. The summed E-state index contributed by atoms with van der Waals surface area (Å²) in [4.78, 5) is 37.9. The van der Waals surface area contributed by atoms with Crippen molar-refractivity contribution < 1.29 is 28.6 Å². The van der Waals surface area contributed by atoms with Crippen molar-refractivity contribution >= 4 is 17.9 Å². The number of hydrogen-bond donors (Lipinski definition) is 0. The van der Waals surface area contributed by atoms with Crippen LogP contribution in [0.25, 0.3) is 0 Å². The molecule has 0 aromatic rings. The predicted molar refractivity (Wildman–Crippen MR) is 252 cm³/mol. The van der Waals surface area contributed by atoms with E-state index in [4.69, 9.17) is 14.2 Å². The molecule has 6 heteroatoms. The Morgan fingerprint density at radius 1 is 0.322 bits per heavy atom. The number of rotatable bonds is 48. The van der Waals surface area contributed by atoms with Gasteiger partial charge in [-0.15, -0.1) is 0 Å². The van der Waals surface area contributed by atoms with Gasteiger partial charge in [0.25, 0.3) is 0 Å². The van der Waals surface area contributed by atoms with Crippen molar-refractivity contribution in [1.82, 2.24) is 0 Å². The summed E-state index contributed by atoms with van der Waals surface area (Å²) in [6.07, 6.45) is 53.4. The molecule has 0 amide bonds. The van der Waals surface area contributed by atoms with E-state index in [1.165, 1.54) is 193 Å². The van der Waals surface area contributed by atoms with Gasteiger partial charge in [0.2, 0.25) is 0 Å². The van der Waals surface area contributed by atoms with Crippen LogP contribution in [0, 0.1) is 0 Å². The maximum Gasteiger partial charge on any atom is 0.306 e. The van der Waals surface area contributed by atoms with Crippen LogP contribution in [0.1, 0.15) is 290 Å². The molecule has 6 nitrogen and oxygen atoms in total. The third-order valence-corrected chi connectivity index (χ3v) is 11.8. The summed E-state index contributed by atoms with van der Waals surface area (Å²) >= 11 is 0. The molecule has 0 aliphatic rings. The summed E-state index contributed by atoms with van der Waals surface area (Å²) in [5.74, 6) is -0.857. The van der Waals surface area contributed by atoms with Crippen molar-refractivity contribution in [3.8, 4) is 0 Å². The zero-order valence-electron chi connectivity index (χ0n) is 39.8. The first-order valence-electron chi connectivity index (χ1n) is 26.2. The van der Waals surface area contributed by atoms with Gasteiger partial charge in [-0.1, -0.05) is 238 Å². The molecule has 59 heavy (non-hydrogen) atoms. The quantitative estimate of drug-likeness (QED) is 0.0263. The second-order valence-corrected chi connectivity index (χ2v) is 17.8. The molecular formula is C53H100O6. The number of ether oxygens (including phenoxy) is 3. The zero-order chi connectivity index (χ0) is 43.0. The summed E-state index contributed by atoms with van der Waals surface area (Å²) in [6, 6.07) is 0. The lowest BCUT2D eigenvalue weighted by molar-refractivity contribution is -0.167. The molecule has 0 heterocycles. The Morgan fingerprint density at radius 2 is 0.559 bits per heavy atom. The molecule has 0 aliphatic heterocycles. The van der Waals surface area contributed by atoms with Crippen LogP contribution in [-0.4, -0.2) is 37.2 Å². The van der Waals surface area contributed by atoms with Crippen LogP contribution in [0.3, 0.4) is 0 Å². The first-order chi connectivity index (χ1) is 29.0. The van der Waals surface area contributed by atoms with Gasteiger partial charge >= 0.3 is 17.9 Å². The Kier molecular flexibility index (Phi) is 47.3. The lowest BCUT2D eigenvalue weighted by Crippen LogP contribution is -2.30. The average molecular weight is 833 g/mol. The molecule has 0 rings (SSSR count). The topological polar surface area (TPSA) is 78.9 Å². The van der Waals surface area contributed by atoms with Crippen molar-refractivity contribution in [2.75, 3.05) is 13.2 Å². The number of hydrogen-bond acceptors (Lipinski definition) is 6. The Bertz CT molecular complexity index is 916. The minimum absolute atomic E-state index is 0.0663. The van der Waals surface area contributed by atoms with E-state index in [0.29, 0.717) is 19.3 Å². The van der Waals surface area contributed by atoms with E-state index < -0.39 is 6.10 Å². The summed E-state index contributed by atoms with van der Waals surface area (Å²) in [5.41, 5.74) is 0. The van der Waals surface area contributed by atoms with Gasteiger partial charge in [-0.2, -0.15) is 0 Å². The van der Waals surface area contributed by atoms with Crippen molar-refractivity contribution in [1.29, 1.82) is 0 Å². The summed E-state index contributed by atoms with van der Waals surface area (Å²) in [6.45, 7) is 6.65. The molecule has 0 saturated carbocycles. The van der Waals surface area contributed by atoms with Crippen molar-refractivity contribution in [3.63, 3.8) is 0 Å². The summed E-state index contributed by atoms with van der Waals surface area (Å²) in [5, 5.41) is 0. The Balaban J connectivity index is 4.25. The van der Waals surface area contributed by atoms with E-state index in [-0.39, 0.29) is 31.1 Å². The third kappa shape index (κ3) is 47.1. The molecule has 1 atom stereocenters. The summed E-state index contributed by atoms with van der Waals surface area (Å²) in [7, 11) is 0. The zero-order valence-corrected chi connectivity index (χ0v) is 39.8. The third-order valence-electron chi connectivity index (χ3n) is 11.8. The van der Waals surface area contributed by atoms with Crippen LogP contribution in [-0.2, 0) is 28.6 Å². The molecule has 0 N–H and O–H groups in total. The number of carbonyl (C=O) groups excluding carboxylic acids is 3. The Morgan fingerprint density at radius 3 is 0.847 bits per heavy atom. The number of unbranched alkanes of at least 4 members (excludes halogenated alkanes) is 35. The van der Waals surface area contributed by atoms with E-state index in [0.717, 1.165) is 57.8 Å². The van der Waals surface area contributed by atoms with Crippen molar-refractivity contribution in [3.05, 3.63) is 12.2 Å². The van der Waals surface area contributed by atoms with E-state index in [2.05, 4.69) is 32.9 Å². The molecule has 0 saturated heterocycles. The second-order valence-electron chi connectivity index (χ2n) is 17.8. The molecule has 1 unspecified atom stereocenters. The van der Waals surface area contributed by atoms with Crippen LogP contribution in [0.4, 0.5) is 0 Å². The van der Waals surface area contributed by atoms with Crippen LogP contribution in [0.2, 0.25) is 0 Å². The average Bonchev–Trinajstić information content (AvgIpc) is 3.23. The molecule has 0 bridgehead atoms. The van der Waals surface area contributed by atoms with Gasteiger partial charge in [-0.05, 0) is 44.9 Å². The fraction of sp³-hybridized carbons (Fsp3) is 0.906. The minimum Gasteiger partial charge on any atom is -0.462 e. The highest BCUT2D eigenvalue weighted by atomic mass is 16.6. The van der Waals surface area contributed by atoms with Gasteiger partial charge in [-0.25, -0.2) is 0 Å². The molecule has 348 valence electrons. The SMILES string of the molecule is CCCCCCCCCC/C=C\CCCCCCCCCC(=O)OCC(COC(=O)CCCCCCCCCCCCC)OC(=O)CCCCCCCCCCCCC. The number of esters is 3. The first kappa shape index (κ1) is 57.1. The van der Waals surface area contributed by atoms with Crippen LogP contribution >= 0.6 is 0 Å². The Hall–Kier alpha value is -1.85. The number of carbonyl (C=O) groups is 3. The molecule has 0 aromatic heterocycles. The lowest BCUT2D eigenvalue weighted by Gasteiger charge is -2.18. The fourth-order valence-electron chi connectivity index (χ4n) is 7.79. The lowest BCUT2D eigenvalue weighted by atomic mass is 10.1. The van der Waals surface area contributed by atoms with Gasteiger partial charge in [0.05, 0.1) is 0 Å². The Labute approximate surface area is 367 Å². The highest BCUT2D eigenvalue weighted by molar-refractivity contribution is 5.71. The van der Waals surface area contributed by atoms with Crippen LogP contribution in [0.5, 0.6) is 0 Å². The van der Waals surface area contributed by atoms with E-state index in [1.54, 1.807) is 0 Å². The molecule has 0 radical (unpaired) electrons. The fourth-order valence-corrected chi connectivity index (χ4v) is 7.79. The van der Waals surface area contributed by atoms with Gasteiger partial charge in [0.15, 0.2) is 6.10 Å². The monoisotopic (exact) mass is 833 g/mol. The largest absolute Gasteiger partial charge is 0.462 e. The standard InChI is InChI=1S/C53H100O6/c1-4-7-10-13-16-19-22-23-24-25-26-27-28-29-32-34-37-40-43-46-52(55)58-49-50(59-53(56)47-44-41-38-35-31-21-18-15-12-9-6-3)48-57-51(54)45-42-39-36-33-30-20-17-14-11-8-5-2/h25-26,50H,4-24,27-49H2,1-3H3/b26-25-. The molecule has 0 fully saturated rings. The van der Waals surface area contributed by atoms with E-state index >= 15 is 0 Å². The van der Waals surface area contributed by atoms with Gasteiger partial charge in [0.1, 0.15) is 13.2 Å². The summed E-state index contributed by atoms with van der Waals surface area (Å²) < 4.78 is 16.8. The molecule has 0 aromatic carbocycles. The maximum atomic E-state index is 12.7. The van der Waals surface area contributed by atoms with Crippen molar-refractivity contribution in [2.24, 2.45) is 0 Å². The highest BCUT2D eigenvalue weighted by Gasteiger charge is 2.19. The van der Waals surface area contributed by atoms with E-state index in [9.17, 15) is 14.4 Å². The van der Waals surface area contributed by atoms with Gasteiger partial charge < -0.3 is 14.2 Å². The predicted octanol–water partition coefficient (Wildman–Crippen LogP) is 17.0. The van der Waals surface area contributed by atoms with E-state index in [1.807, 2.05) is 0 Å². The van der Waals surface area contributed by atoms with Crippen LogP contribution < -0.4 is 0 Å². The maximum absolute atomic E-state index is 12.7. The molecular weight excluding hydrogens is 733 g/mol.